The molecule has 0 aliphatic rings. The van der Waals surface area contributed by atoms with Crippen molar-refractivity contribution in [3.8, 4) is 0 Å². The minimum atomic E-state index is -0.367. The van der Waals surface area contributed by atoms with E-state index in [4.69, 9.17) is 0 Å². The lowest BCUT2D eigenvalue weighted by atomic mass is 10.1. The Hall–Kier alpha value is -2.36. The van der Waals surface area contributed by atoms with Crippen molar-refractivity contribution in [2.24, 2.45) is 0 Å². The third kappa shape index (κ3) is 3.15. The Morgan fingerprint density at radius 2 is 2.00 bits per heavy atom. The van der Waals surface area contributed by atoms with E-state index in [0.29, 0.717) is 17.7 Å². The summed E-state index contributed by atoms with van der Waals surface area (Å²) in [5, 5.41) is 3.16. The maximum absolute atomic E-state index is 13.5. The molecule has 0 spiro atoms. The molecule has 3 nitrogen and oxygen atoms in total. The van der Waals surface area contributed by atoms with Crippen molar-refractivity contribution in [2.75, 3.05) is 12.4 Å². The molecule has 0 heterocycles. The van der Waals surface area contributed by atoms with E-state index in [2.05, 4.69) is 10.1 Å². The van der Waals surface area contributed by atoms with Crippen molar-refractivity contribution in [1.29, 1.82) is 0 Å². The third-order valence-corrected chi connectivity index (χ3v) is 3.07. The summed E-state index contributed by atoms with van der Waals surface area (Å²) in [5.74, 6) is -0.599. The second kappa shape index (κ2) is 6.19. The van der Waals surface area contributed by atoms with Gasteiger partial charge in [0, 0.05) is 17.8 Å². The highest BCUT2D eigenvalue weighted by atomic mass is 19.1. The van der Waals surface area contributed by atoms with E-state index in [1.807, 2.05) is 6.92 Å². The van der Waals surface area contributed by atoms with Crippen molar-refractivity contribution in [3.63, 3.8) is 0 Å². The normalized spacial score (nSPS) is 10.2. The Kier molecular flexibility index (Phi) is 4.35. The van der Waals surface area contributed by atoms with Gasteiger partial charge in [-0.3, -0.25) is 0 Å². The molecule has 4 heteroatoms. The van der Waals surface area contributed by atoms with Gasteiger partial charge in [0.2, 0.25) is 0 Å². The first-order chi connectivity index (χ1) is 9.61. The molecule has 0 amide bonds. The molecule has 0 radical (unpaired) electrons. The molecule has 0 saturated carbocycles. The molecule has 2 aromatic carbocycles. The lowest BCUT2D eigenvalue weighted by molar-refractivity contribution is 0.0600. The molecule has 0 aliphatic heterocycles. The second-order valence-electron chi connectivity index (χ2n) is 4.47. The van der Waals surface area contributed by atoms with Crippen molar-refractivity contribution < 1.29 is 13.9 Å². The molecule has 0 unspecified atom stereocenters. The van der Waals surface area contributed by atoms with E-state index in [0.717, 1.165) is 11.3 Å². The molecule has 20 heavy (non-hydrogen) atoms. The summed E-state index contributed by atoms with van der Waals surface area (Å²) in [6.45, 7) is 2.28. The van der Waals surface area contributed by atoms with Crippen LogP contribution in [0.2, 0.25) is 0 Å². The van der Waals surface area contributed by atoms with Gasteiger partial charge in [0.25, 0.3) is 0 Å². The first kappa shape index (κ1) is 14.1. The van der Waals surface area contributed by atoms with E-state index in [-0.39, 0.29) is 11.8 Å². The molecule has 0 atom stereocenters. The zero-order valence-electron chi connectivity index (χ0n) is 11.4. The SMILES string of the molecule is COC(=O)c1ccc(NCc2ccccc2F)c(C)c1. The Balaban J connectivity index is 2.11. The molecule has 104 valence electrons. The predicted molar refractivity (Wildman–Crippen MR) is 76.2 cm³/mol. The minimum Gasteiger partial charge on any atom is -0.465 e. The average molecular weight is 273 g/mol. The van der Waals surface area contributed by atoms with E-state index in [1.165, 1.54) is 13.2 Å². The molecule has 0 saturated heterocycles. The van der Waals surface area contributed by atoms with Crippen molar-refractivity contribution in [3.05, 3.63) is 65.0 Å². The number of methoxy groups -OCH3 is 1. The average Bonchev–Trinajstić information content (AvgIpc) is 2.46. The quantitative estimate of drug-likeness (QED) is 0.866. The molecule has 0 aliphatic carbocycles. The molecule has 2 aromatic rings. The predicted octanol–water partition coefficient (Wildman–Crippen LogP) is 3.53. The van der Waals surface area contributed by atoms with Crippen molar-refractivity contribution in [2.45, 2.75) is 13.5 Å². The fourth-order valence-electron chi connectivity index (χ4n) is 1.94. The highest BCUT2D eigenvalue weighted by Crippen LogP contribution is 2.18. The number of halogens is 1. The number of esters is 1. The molecule has 0 fully saturated rings. The fourth-order valence-corrected chi connectivity index (χ4v) is 1.94. The van der Waals surface area contributed by atoms with Gasteiger partial charge >= 0.3 is 5.97 Å². The molecular weight excluding hydrogens is 257 g/mol. The first-order valence-corrected chi connectivity index (χ1v) is 6.28. The van der Waals surface area contributed by atoms with E-state index in [9.17, 15) is 9.18 Å². The number of anilines is 1. The summed E-state index contributed by atoms with van der Waals surface area (Å²) in [6, 6.07) is 11.9. The third-order valence-electron chi connectivity index (χ3n) is 3.07. The minimum absolute atomic E-state index is 0.233. The summed E-state index contributed by atoms with van der Waals surface area (Å²) < 4.78 is 18.2. The van der Waals surface area contributed by atoms with Crippen LogP contribution in [0, 0.1) is 12.7 Å². The smallest absolute Gasteiger partial charge is 0.337 e. The van der Waals surface area contributed by atoms with Crippen molar-refractivity contribution >= 4 is 11.7 Å². The Morgan fingerprint density at radius 3 is 2.65 bits per heavy atom. The number of carbonyl (C=O) groups is 1. The van der Waals surface area contributed by atoms with Crippen molar-refractivity contribution in [1.82, 2.24) is 0 Å². The number of aryl methyl sites for hydroxylation is 1. The van der Waals surface area contributed by atoms with Crippen LogP contribution < -0.4 is 5.32 Å². The number of hydrogen-bond acceptors (Lipinski definition) is 3. The summed E-state index contributed by atoms with van der Waals surface area (Å²) in [7, 11) is 1.35. The number of benzene rings is 2. The van der Waals surface area contributed by atoms with Gasteiger partial charge in [0.1, 0.15) is 5.82 Å². The zero-order valence-corrected chi connectivity index (χ0v) is 11.4. The lowest BCUT2D eigenvalue weighted by Crippen LogP contribution is -2.05. The van der Waals surface area contributed by atoms with Gasteiger partial charge in [-0.1, -0.05) is 18.2 Å². The number of ether oxygens (including phenoxy) is 1. The van der Waals surface area contributed by atoms with Gasteiger partial charge in [-0.15, -0.1) is 0 Å². The number of nitrogens with one attached hydrogen (secondary N) is 1. The fraction of sp³-hybridized carbons (Fsp3) is 0.188. The van der Waals surface area contributed by atoms with Gasteiger partial charge in [0.05, 0.1) is 12.7 Å². The van der Waals surface area contributed by atoms with Crippen LogP contribution in [0.1, 0.15) is 21.5 Å². The van der Waals surface area contributed by atoms with Crippen LogP contribution in [0.15, 0.2) is 42.5 Å². The molecule has 0 bridgehead atoms. The van der Waals surface area contributed by atoms with Crippen LogP contribution in [0.4, 0.5) is 10.1 Å². The van der Waals surface area contributed by atoms with Gasteiger partial charge in [-0.25, -0.2) is 9.18 Å². The van der Waals surface area contributed by atoms with Gasteiger partial charge < -0.3 is 10.1 Å². The summed E-state index contributed by atoms with van der Waals surface area (Å²) >= 11 is 0. The Morgan fingerprint density at radius 1 is 1.25 bits per heavy atom. The highest BCUT2D eigenvalue weighted by Gasteiger charge is 2.08. The van der Waals surface area contributed by atoms with E-state index < -0.39 is 0 Å². The van der Waals surface area contributed by atoms with Gasteiger partial charge in [-0.2, -0.15) is 0 Å². The van der Waals surface area contributed by atoms with Crippen LogP contribution in [0.3, 0.4) is 0 Å². The highest BCUT2D eigenvalue weighted by molar-refractivity contribution is 5.90. The molecule has 0 aromatic heterocycles. The van der Waals surface area contributed by atoms with E-state index in [1.54, 1.807) is 36.4 Å². The first-order valence-electron chi connectivity index (χ1n) is 6.28. The molecule has 1 N–H and O–H groups in total. The Bertz CT molecular complexity index is 626. The number of carbonyl (C=O) groups excluding carboxylic acids is 1. The number of rotatable bonds is 4. The van der Waals surface area contributed by atoms with Gasteiger partial charge in [0.15, 0.2) is 0 Å². The summed E-state index contributed by atoms with van der Waals surface area (Å²) in [4.78, 5) is 11.4. The Labute approximate surface area is 117 Å². The standard InChI is InChI=1S/C16H16FNO2/c1-11-9-12(16(19)20-2)7-8-15(11)18-10-13-5-3-4-6-14(13)17/h3-9,18H,10H2,1-2H3. The molecular formula is C16H16FNO2. The van der Waals surface area contributed by atoms with Crippen LogP contribution in [0.5, 0.6) is 0 Å². The topological polar surface area (TPSA) is 38.3 Å². The maximum atomic E-state index is 13.5. The van der Waals surface area contributed by atoms with Crippen LogP contribution in [-0.4, -0.2) is 13.1 Å². The van der Waals surface area contributed by atoms with E-state index >= 15 is 0 Å². The monoisotopic (exact) mass is 273 g/mol. The largest absolute Gasteiger partial charge is 0.465 e. The van der Waals surface area contributed by atoms with Gasteiger partial charge in [-0.05, 0) is 36.8 Å². The van der Waals surface area contributed by atoms with Crippen LogP contribution in [-0.2, 0) is 11.3 Å². The second-order valence-corrected chi connectivity index (χ2v) is 4.47. The summed E-state index contributed by atoms with van der Waals surface area (Å²) in [6.07, 6.45) is 0. The summed E-state index contributed by atoms with van der Waals surface area (Å²) in [5.41, 5.74) is 2.87. The number of hydrogen-bond donors (Lipinski definition) is 1. The zero-order chi connectivity index (χ0) is 14.5. The van der Waals surface area contributed by atoms with Crippen LogP contribution >= 0.6 is 0 Å². The lowest BCUT2D eigenvalue weighted by Gasteiger charge is -2.11. The van der Waals surface area contributed by atoms with Crippen LogP contribution in [0.25, 0.3) is 0 Å². The molecule has 2 rings (SSSR count). The maximum Gasteiger partial charge on any atom is 0.337 e.